The summed E-state index contributed by atoms with van der Waals surface area (Å²) < 4.78 is 0. The Bertz CT molecular complexity index is 922. The average Bonchev–Trinajstić information content (AvgIpc) is 3.20. The highest BCUT2D eigenvalue weighted by Gasteiger charge is 2.34. The molecule has 0 bridgehead atoms. The van der Waals surface area contributed by atoms with Crippen LogP contribution >= 0.6 is 46.4 Å². The molecule has 1 heterocycles. The molecule has 2 amide bonds. The minimum Gasteiger partial charge on any atom is -0.338 e. The number of nitrogens with zero attached hydrogens (tertiary/aromatic N) is 1. The Morgan fingerprint density at radius 2 is 1.97 bits per heavy atom. The zero-order chi connectivity index (χ0) is 24.7. The van der Waals surface area contributed by atoms with Crippen LogP contribution < -0.4 is 16.0 Å². The molecule has 9 heteroatoms. The highest BCUT2D eigenvalue weighted by molar-refractivity contribution is 6.44. The molecule has 0 saturated carbocycles. The molecule has 5 nitrogen and oxygen atoms in total. The van der Waals surface area contributed by atoms with Gasteiger partial charge in [0.25, 0.3) is 0 Å². The number of carbonyl (C=O) groups excluding carboxylic acids is 1. The first-order valence-electron chi connectivity index (χ1n) is 11.8. The Morgan fingerprint density at radius 3 is 2.65 bits per heavy atom. The summed E-state index contributed by atoms with van der Waals surface area (Å²) >= 11 is 24.6. The van der Waals surface area contributed by atoms with Gasteiger partial charge in [0.15, 0.2) is 0 Å². The van der Waals surface area contributed by atoms with Crippen LogP contribution in [0.25, 0.3) is 0 Å². The normalized spacial score (nSPS) is 23.9. The molecule has 1 fully saturated rings. The molecule has 3 unspecified atom stereocenters. The van der Waals surface area contributed by atoms with Gasteiger partial charge in [-0.15, -0.1) is 0 Å². The van der Waals surface area contributed by atoms with Crippen molar-refractivity contribution in [3.63, 3.8) is 0 Å². The standard InChI is InChI=1S/C25H34Cl4N4O/c1-25(10-7-21(27)23(29)15-25)17(8-11-30-12-9-19-4-3-13-33(19)2)16-31-24(34)32-18-5-6-20(26)22(28)14-18/h5-7,14-15,17,19,30H,3-4,8-13,16H2,1-2H3,(H2,31,32,34). The number of likely N-dealkylation sites (tertiary alicyclic amines) is 1. The van der Waals surface area contributed by atoms with Crippen molar-refractivity contribution in [3.05, 3.63) is 50.5 Å². The first kappa shape index (κ1) is 27.6. The van der Waals surface area contributed by atoms with Gasteiger partial charge in [-0.1, -0.05) is 65.5 Å². The second-order valence-corrected chi connectivity index (χ2v) is 11.1. The van der Waals surface area contributed by atoms with Crippen molar-refractivity contribution in [2.24, 2.45) is 11.3 Å². The topological polar surface area (TPSA) is 56.4 Å². The van der Waals surface area contributed by atoms with Crippen LogP contribution in [0.15, 0.2) is 40.4 Å². The summed E-state index contributed by atoms with van der Waals surface area (Å²) in [4.78, 5) is 15.0. The second kappa shape index (κ2) is 12.8. The lowest BCUT2D eigenvalue weighted by Crippen LogP contribution is -2.41. The molecule has 2 aliphatic rings. The smallest absolute Gasteiger partial charge is 0.319 e. The third-order valence-electron chi connectivity index (χ3n) is 7.02. The molecular weight excluding hydrogens is 514 g/mol. The highest BCUT2D eigenvalue weighted by Crippen LogP contribution is 2.42. The number of urea groups is 1. The van der Waals surface area contributed by atoms with Crippen LogP contribution in [0.5, 0.6) is 0 Å². The fraction of sp³-hybridized carbons (Fsp3) is 0.560. The molecule has 0 spiro atoms. The number of anilines is 1. The number of hydrogen-bond donors (Lipinski definition) is 3. The van der Waals surface area contributed by atoms with Crippen LogP contribution in [0.4, 0.5) is 10.5 Å². The number of benzene rings is 1. The number of halogens is 4. The van der Waals surface area contributed by atoms with E-state index in [1.807, 2.05) is 12.2 Å². The summed E-state index contributed by atoms with van der Waals surface area (Å²) in [7, 11) is 2.21. The first-order chi connectivity index (χ1) is 16.2. The Balaban J connectivity index is 1.55. The van der Waals surface area contributed by atoms with E-state index < -0.39 is 0 Å². The zero-order valence-electron chi connectivity index (χ0n) is 19.8. The lowest BCUT2D eigenvalue weighted by atomic mass is 9.71. The van der Waals surface area contributed by atoms with Crippen LogP contribution in [0.1, 0.15) is 39.0 Å². The minimum absolute atomic E-state index is 0.170. The number of nitrogens with one attached hydrogen (secondary N) is 3. The maximum Gasteiger partial charge on any atom is 0.319 e. The molecule has 34 heavy (non-hydrogen) atoms. The van der Waals surface area contributed by atoms with E-state index in [0.717, 1.165) is 32.4 Å². The van der Waals surface area contributed by atoms with E-state index in [1.165, 1.54) is 19.4 Å². The summed E-state index contributed by atoms with van der Waals surface area (Å²) in [5.74, 6) is 0.170. The summed E-state index contributed by atoms with van der Waals surface area (Å²) in [6.45, 7) is 5.74. The monoisotopic (exact) mass is 546 g/mol. The SMILES string of the molecule is CN1CCCC1CCNCCC(CNC(=O)Nc1ccc(Cl)c(Cl)c1)C1(C)C=C(Cl)C(Cl)=CC1. The number of rotatable bonds is 10. The Labute approximate surface area is 223 Å². The number of carbonyl (C=O) groups is 1. The largest absolute Gasteiger partial charge is 0.338 e. The molecule has 0 radical (unpaired) electrons. The molecule has 0 aromatic heterocycles. The van der Waals surface area contributed by atoms with E-state index >= 15 is 0 Å². The third-order valence-corrected chi connectivity index (χ3v) is 8.53. The van der Waals surface area contributed by atoms with Crippen LogP contribution in [0.2, 0.25) is 10.0 Å². The molecule has 1 aromatic carbocycles. The summed E-state index contributed by atoms with van der Waals surface area (Å²) in [5, 5.41) is 11.4. The molecule has 1 aliphatic carbocycles. The van der Waals surface area contributed by atoms with Crippen LogP contribution in [0.3, 0.4) is 0 Å². The fourth-order valence-corrected chi connectivity index (χ4v) is 5.51. The van der Waals surface area contributed by atoms with Gasteiger partial charge in [0, 0.05) is 18.3 Å². The van der Waals surface area contributed by atoms with E-state index in [2.05, 4.69) is 34.8 Å². The van der Waals surface area contributed by atoms with Crippen molar-refractivity contribution < 1.29 is 4.79 Å². The predicted octanol–water partition coefficient (Wildman–Crippen LogP) is 6.85. The quantitative estimate of drug-likeness (QED) is 0.281. The third kappa shape index (κ3) is 7.78. The number of allylic oxidation sites excluding steroid dienone is 4. The molecule has 1 aliphatic heterocycles. The average molecular weight is 548 g/mol. The van der Waals surface area contributed by atoms with E-state index in [4.69, 9.17) is 46.4 Å². The molecular formula is C25H34Cl4N4O. The summed E-state index contributed by atoms with van der Waals surface area (Å²) in [5.41, 5.74) is 0.378. The van der Waals surface area contributed by atoms with Gasteiger partial charge in [-0.25, -0.2) is 4.79 Å². The number of hydrogen-bond acceptors (Lipinski definition) is 3. The Morgan fingerprint density at radius 1 is 1.18 bits per heavy atom. The van der Waals surface area contributed by atoms with Gasteiger partial charge in [0.05, 0.1) is 20.1 Å². The van der Waals surface area contributed by atoms with E-state index in [9.17, 15) is 4.79 Å². The molecule has 188 valence electrons. The van der Waals surface area contributed by atoms with Crippen LogP contribution in [0, 0.1) is 11.3 Å². The molecule has 3 atom stereocenters. The van der Waals surface area contributed by atoms with E-state index in [0.29, 0.717) is 38.4 Å². The molecule has 3 rings (SSSR count). The lowest BCUT2D eigenvalue weighted by Gasteiger charge is -2.37. The molecule has 3 N–H and O–H groups in total. The van der Waals surface area contributed by atoms with Gasteiger partial charge in [-0.05, 0) is 88.3 Å². The Hall–Kier alpha value is -0.950. The van der Waals surface area contributed by atoms with E-state index in [1.54, 1.807) is 18.2 Å². The first-order valence-corrected chi connectivity index (χ1v) is 13.3. The van der Waals surface area contributed by atoms with Crippen molar-refractivity contribution in [2.45, 2.75) is 45.1 Å². The van der Waals surface area contributed by atoms with Crippen LogP contribution in [-0.4, -0.2) is 50.2 Å². The van der Waals surface area contributed by atoms with Crippen molar-refractivity contribution in [1.29, 1.82) is 0 Å². The maximum atomic E-state index is 12.6. The maximum absolute atomic E-state index is 12.6. The predicted molar refractivity (Wildman–Crippen MR) is 145 cm³/mol. The van der Waals surface area contributed by atoms with Gasteiger partial charge in [-0.2, -0.15) is 0 Å². The van der Waals surface area contributed by atoms with Gasteiger partial charge in [0.2, 0.25) is 0 Å². The number of amides is 2. The van der Waals surface area contributed by atoms with Gasteiger partial charge in [-0.3, -0.25) is 0 Å². The van der Waals surface area contributed by atoms with Crippen molar-refractivity contribution in [2.75, 3.05) is 38.5 Å². The fourth-order valence-electron chi connectivity index (χ4n) is 4.75. The van der Waals surface area contributed by atoms with Gasteiger partial charge in [0.1, 0.15) is 0 Å². The summed E-state index contributed by atoms with van der Waals surface area (Å²) in [6.07, 6.45) is 9.41. The minimum atomic E-state index is -0.288. The van der Waals surface area contributed by atoms with Crippen molar-refractivity contribution >= 4 is 58.1 Å². The molecule has 1 aromatic rings. The van der Waals surface area contributed by atoms with Crippen molar-refractivity contribution in [3.8, 4) is 0 Å². The Kier molecular flexibility index (Phi) is 10.4. The zero-order valence-corrected chi connectivity index (χ0v) is 22.8. The van der Waals surface area contributed by atoms with Gasteiger partial charge < -0.3 is 20.9 Å². The highest BCUT2D eigenvalue weighted by atomic mass is 35.5. The van der Waals surface area contributed by atoms with E-state index in [-0.39, 0.29) is 17.4 Å². The second-order valence-electron chi connectivity index (χ2n) is 9.52. The molecule has 1 saturated heterocycles. The van der Waals surface area contributed by atoms with Crippen molar-refractivity contribution in [1.82, 2.24) is 15.5 Å². The van der Waals surface area contributed by atoms with Crippen LogP contribution in [-0.2, 0) is 0 Å². The summed E-state index contributed by atoms with van der Waals surface area (Å²) in [6, 6.07) is 5.39. The van der Waals surface area contributed by atoms with Gasteiger partial charge >= 0.3 is 6.03 Å². The lowest BCUT2D eigenvalue weighted by molar-refractivity contribution is 0.220.